The molecule has 2 saturated carbocycles. The third kappa shape index (κ3) is 4.11. The van der Waals surface area contributed by atoms with E-state index in [0.717, 1.165) is 38.5 Å². The Morgan fingerprint density at radius 3 is 2.29 bits per heavy atom. The lowest BCUT2D eigenvalue weighted by molar-refractivity contribution is -0.150. The van der Waals surface area contributed by atoms with Gasteiger partial charge in [0.15, 0.2) is 0 Å². The van der Waals surface area contributed by atoms with Crippen molar-refractivity contribution in [2.24, 2.45) is 39.4 Å². The molecule has 4 rings (SSSR count). The van der Waals surface area contributed by atoms with E-state index in [2.05, 4.69) is 34.6 Å². The van der Waals surface area contributed by atoms with Crippen LogP contribution in [0.15, 0.2) is 22.8 Å². The SMILES string of the molecule is COC(=O)/C(C)=C/CC[C@@H](C(=O)OC)[C@H]1C[C@H](O)[C@@]2(C)C3=C(CC[C@]12C)[C@@]1(C)CC[C@H](O)C(C)(C)[C@@H]1CC3. The van der Waals surface area contributed by atoms with Gasteiger partial charge < -0.3 is 19.7 Å². The van der Waals surface area contributed by atoms with Crippen molar-refractivity contribution in [1.82, 2.24) is 0 Å². The molecule has 38 heavy (non-hydrogen) atoms. The minimum absolute atomic E-state index is 0.00835. The van der Waals surface area contributed by atoms with Crippen molar-refractivity contribution in [3.8, 4) is 0 Å². The van der Waals surface area contributed by atoms with E-state index in [1.807, 2.05) is 6.08 Å². The molecule has 6 heteroatoms. The van der Waals surface area contributed by atoms with Crippen molar-refractivity contribution in [2.75, 3.05) is 14.2 Å². The third-order valence-corrected chi connectivity index (χ3v) is 12.3. The lowest BCUT2D eigenvalue weighted by Gasteiger charge is -2.62. The molecule has 0 aromatic carbocycles. The second kappa shape index (κ2) is 10.1. The molecular weight excluding hydrogens is 480 g/mol. The zero-order valence-electron chi connectivity index (χ0n) is 24.9. The summed E-state index contributed by atoms with van der Waals surface area (Å²) < 4.78 is 10.1. The van der Waals surface area contributed by atoms with Gasteiger partial charge in [0.2, 0.25) is 0 Å². The topological polar surface area (TPSA) is 93.1 Å². The Hall–Kier alpha value is -1.66. The molecule has 0 aromatic rings. The van der Waals surface area contributed by atoms with Crippen LogP contribution in [0.2, 0.25) is 0 Å². The Morgan fingerprint density at radius 2 is 1.66 bits per heavy atom. The molecule has 6 nitrogen and oxygen atoms in total. The number of ether oxygens (including phenoxy) is 2. The highest BCUT2D eigenvalue weighted by molar-refractivity contribution is 5.87. The van der Waals surface area contributed by atoms with Crippen LogP contribution in [0.25, 0.3) is 0 Å². The number of rotatable bonds is 6. The van der Waals surface area contributed by atoms with E-state index >= 15 is 0 Å². The van der Waals surface area contributed by atoms with Crippen molar-refractivity contribution in [3.63, 3.8) is 0 Å². The lowest BCUT2D eigenvalue weighted by atomic mass is 9.43. The quantitative estimate of drug-likeness (QED) is 0.258. The zero-order valence-corrected chi connectivity index (χ0v) is 24.9. The first kappa shape index (κ1) is 29.3. The van der Waals surface area contributed by atoms with Gasteiger partial charge in [0.25, 0.3) is 0 Å². The molecule has 2 N–H and O–H groups in total. The molecular formula is C32H50O6. The standard InChI is InChI=1S/C32H50O6/c1-19(27(35)37-7)10-9-11-20(28(36)38-8)23-18-26(34)32(6)22-12-13-24-29(2,3)25(33)15-16-30(24,4)21(22)14-17-31(23,32)5/h10,20,23-26,33-34H,9,11-18H2,1-8H3/b19-10+/t20-,23-,24+,25+,26+,30-,31-,32-/m1/s1. The average molecular weight is 531 g/mol. The van der Waals surface area contributed by atoms with Gasteiger partial charge in [-0.05, 0) is 92.8 Å². The highest BCUT2D eigenvalue weighted by Crippen LogP contribution is 2.72. The molecule has 4 aliphatic rings. The number of carbonyl (C=O) groups excluding carboxylic acids is 2. The Morgan fingerprint density at radius 1 is 0.974 bits per heavy atom. The summed E-state index contributed by atoms with van der Waals surface area (Å²) >= 11 is 0. The first-order valence-corrected chi connectivity index (χ1v) is 14.6. The molecule has 2 fully saturated rings. The first-order chi connectivity index (χ1) is 17.7. The van der Waals surface area contributed by atoms with Crippen LogP contribution in [-0.4, -0.2) is 48.6 Å². The van der Waals surface area contributed by atoms with Gasteiger partial charge >= 0.3 is 11.9 Å². The molecule has 0 heterocycles. The van der Waals surface area contributed by atoms with E-state index < -0.39 is 11.5 Å². The summed E-state index contributed by atoms with van der Waals surface area (Å²) in [4.78, 5) is 25.0. The Bertz CT molecular complexity index is 1020. The number of fused-ring (bicyclic) bond motifs is 4. The molecule has 8 atom stereocenters. The largest absolute Gasteiger partial charge is 0.469 e. The number of aliphatic hydroxyl groups is 2. The normalized spacial score (nSPS) is 41.1. The molecule has 0 aliphatic heterocycles. The highest BCUT2D eigenvalue weighted by Gasteiger charge is 2.67. The average Bonchev–Trinajstić information content (AvgIpc) is 3.09. The van der Waals surface area contributed by atoms with Crippen LogP contribution in [0.4, 0.5) is 0 Å². The van der Waals surface area contributed by atoms with Crippen molar-refractivity contribution < 1.29 is 29.3 Å². The first-order valence-electron chi connectivity index (χ1n) is 14.6. The minimum atomic E-state index is -0.523. The maximum absolute atomic E-state index is 13.2. The maximum Gasteiger partial charge on any atom is 0.333 e. The molecule has 0 aromatic heterocycles. The van der Waals surface area contributed by atoms with Crippen LogP contribution in [0, 0.1) is 39.4 Å². The highest BCUT2D eigenvalue weighted by atomic mass is 16.5. The molecule has 0 amide bonds. The Kier molecular flexibility index (Phi) is 7.77. The number of allylic oxidation sites excluding steroid dienone is 2. The molecule has 4 aliphatic carbocycles. The molecule has 0 radical (unpaired) electrons. The van der Waals surface area contributed by atoms with Gasteiger partial charge in [-0.25, -0.2) is 4.79 Å². The number of esters is 2. The molecule has 0 saturated heterocycles. The Labute approximate surface area is 229 Å². The van der Waals surface area contributed by atoms with Crippen LogP contribution in [0.1, 0.15) is 99.3 Å². The molecule has 0 bridgehead atoms. The van der Waals surface area contributed by atoms with Crippen LogP contribution in [0.5, 0.6) is 0 Å². The van der Waals surface area contributed by atoms with E-state index in [9.17, 15) is 19.8 Å². The summed E-state index contributed by atoms with van der Waals surface area (Å²) in [5.41, 5.74) is 2.77. The fourth-order valence-corrected chi connectivity index (χ4v) is 9.73. The van der Waals surface area contributed by atoms with Crippen LogP contribution >= 0.6 is 0 Å². The van der Waals surface area contributed by atoms with Crippen LogP contribution in [-0.2, 0) is 19.1 Å². The van der Waals surface area contributed by atoms with Gasteiger partial charge in [0, 0.05) is 11.0 Å². The summed E-state index contributed by atoms with van der Waals surface area (Å²) in [6.45, 7) is 13.2. The van der Waals surface area contributed by atoms with Crippen LogP contribution < -0.4 is 0 Å². The third-order valence-electron chi connectivity index (χ3n) is 12.3. The number of aliphatic hydroxyl groups excluding tert-OH is 2. The van der Waals surface area contributed by atoms with E-state index in [1.165, 1.54) is 25.4 Å². The van der Waals surface area contributed by atoms with Crippen molar-refractivity contribution >= 4 is 11.9 Å². The summed E-state index contributed by atoms with van der Waals surface area (Å²) in [6, 6.07) is 0. The Balaban J connectivity index is 1.69. The van der Waals surface area contributed by atoms with Gasteiger partial charge in [0.05, 0.1) is 32.3 Å². The predicted molar refractivity (Wildman–Crippen MR) is 147 cm³/mol. The second-order valence-electron chi connectivity index (χ2n) is 13.9. The summed E-state index contributed by atoms with van der Waals surface area (Å²) in [6.07, 6.45) is 8.47. The number of hydrogen-bond donors (Lipinski definition) is 2. The number of carbonyl (C=O) groups is 2. The van der Waals surface area contributed by atoms with Gasteiger partial charge in [-0.2, -0.15) is 0 Å². The fraction of sp³-hybridized carbons (Fsp3) is 0.812. The molecule has 214 valence electrons. The summed E-state index contributed by atoms with van der Waals surface area (Å²) in [5.74, 6) is -0.514. The second-order valence-corrected chi connectivity index (χ2v) is 13.9. The van der Waals surface area contributed by atoms with Crippen molar-refractivity contribution in [3.05, 3.63) is 22.8 Å². The zero-order chi connectivity index (χ0) is 28.3. The summed E-state index contributed by atoms with van der Waals surface area (Å²) in [5, 5.41) is 22.7. The van der Waals surface area contributed by atoms with Gasteiger partial charge in [-0.15, -0.1) is 0 Å². The van der Waals surface area contributed by atoms with E-state index in [1.54, 1.807) is 6.92 Å². The van der Waals surface area contributed by atoms with Gasteiger partial charge in [0.1, 0.15) is 0 Å². The predicted octanol–water partition coefficient (Wildman–Crippen LogP) is 5.76. The number of methoxy groups -OCH3 is 2. The van der Waals surface area contributed by atoms with Gasteiger partial charge in [-0.1, -0.05) is 51.8 Å². The van der Waals surface area contributed by atoms with Crippen LogP contribution in [0.3, 0.4) is 0 Å². The van der Waals surface area contributed by atoms with Crippen molar-refractivity contribution in [1.29, 1.82) is 0 Å². The minimum Gasteiger partial charge on any atom is -0.469 e. The van der Waals surface area contributed by atoms with E-state index in [-0.39, 0.29) is 46.1 Å². The lowest BCUT2D eigenvalue weighted by Crippen LogP contribution is -2.56. The van der Waals surface area contributed by atoms with E-state index in [4.69, 9.17) is 9.47 Å². The number of hydrogen-bond acceptors (Lipinski definition) is 6. The van der Waals surface area contributed by atoms with E-state index in [0.29, 0.717) is 30.8 Å². The van der Waals surface area contributed by atoms with Crippen molar-refractivity contribution in [2.45, 2.75) is 112 Å². The molecule has 0 spiro atoms. The fourth-order valence-electron chi connectivity index (χ4n) is 9.73. The van der Waals surface area contributed by atoms with Gasteiger partial charge in [-0.3, -0.25) is 4.79 Å². The monoisotopic (exact) mass is 530 g/mol. The molecule has 0 unspecified atom stereocenters. The smallest absolute Gasteiger partial charge is 0.333 e. The maximum atomic E-state index is 13.2. The summed E-state index contributed by atoms with van der Waals surface area (Å²) in [7, 11) is 2.82.